The van der Waals surface area contributed by atoms with Crippen molar-refractivity contribution in [2.45, 2.75) is 117 Å². The van der Waals surface area contributed by atoms with Crippen molar-refractivity contribution in [3.8, 4) is 0 Å². The first-order chi connectivity index (χ1) is 15.2. The molecule has 2 N–H and O–H groups in total. The summed E-state index contributed by atoms with van der Waals surface area (Å²) in [5.74, 6) is 3.18. The standard InChI is InChI=1S/C28H45F3O2/c1-17(2)24(32)11-6-18(3)21-9-10-22-20-8-7-19-16-27(33,28(29,30)31)15-14-25(19,4)23(20)12-13-26(21,22)5/h7,17-18,20-24,32-33H,6,8-16H2,1-5H3/t18-,20+,21-,22+,23+,24+,25+,26-,27+/m1/s1. The van der Waals surface area contributed by atoms with Gasteiger partial charge < -0.3 is 10.2 Å². The first-order valence-electron chi connectivity index (χ1n) is 13.4. The van der Waals surface area contributed by atoms with E-state index < -0.39 is 11.8 Å². The van der Waals surface area contributed by atoms with E-state index in [1.807, 2.05) is 0 Å². The van der Waals surface area contributed by atoms with Gasteiger partial charge in [-0.3, -0.25) is 0 Å². The fraction of sp³-hybridized carbons (Fsp3) is 0.929. The normalized spacial score (nSPS) is 45.1. The highest BCUT2D eigenvalue weighted by molar-refractivity contribution is 5.28. The molecule has 4 aliphatic rings. The maximum absolute atomic E-state index is 13.6. The van der Waals surface area contributed by atoms with Crippen molar-refractivity contribution in [1.82, 2.24) is 0 Å². The van der Waals surface area contributed by atoms with Gasteiger partial charge in [0.25, 0.3) is 0 Å². The predicted molar refractivity (Wildman–Crippen MR) is 125 cm³/mol. The largest absolute Gasteiger partial charge is 0.417 e. The number of hydrogen-bond donors (Lipinski definition) is 2. The smallest absolute Gasteiger partial charge is 0.393 e. The van der Waals surface area contributed by atoms with Crippen molar-refractivity contribution in [2.24, 2.45) is 46.3 Å². The molecule has 5 heteroatoms. The molecule has 0 bridgehead atoms. The Bertz CT molecular complexity index is 761. The SMILES string of the molecule is CC(C)[C@@H](O)CC[C@@H](C)[C@H]1CC[C@H]2[C@@H]3CC=C4C[C@](O)(C(F)(F)F)CC[C@]4(C)[C@H]3CC[C@]12C. The molecule has 3 saturated carbocycles. The fourth-order valence-corrected chi connectivity index (χ4v) is 8.83. The van der Waals surface area contributed by atoms with Crippen LogP contribution in [0.3, 0.4) is 0 Å². The van der Waals surface area contributed by atoms with E-state index in [1.54, 1.807) is 0 Å². The highest BCUT2D eigenvalue weighted by Crippen LogP contribution is 2.68. The molecule has 0 aliphatic heterocycles. The summed E-state index contributed by atoms with van der Waals surface area (Å²) < 4.78 is 40.7. The van der Waals surface area contributed by atoms with Crippen molar-refractivity contribution in [3.63, 3.8) is 0 Å². The average Bonchev–Trinajstić information content (AvgIpc) is 3.08. The van der Waals surface area contributed by atoms with Crippen LogP contribution in [0.1, 0.15) is 98.8 Å². The summed E-state index contributed by atoms with van der Waals surface area (Å²) in [7, 11) is 0. The van der Waals surface area contributed by atoms with Gasteiger partial charge in [0.05, 0.1) is 6.10 Å². The maximum atomic E-state index is 13.6. The van der Waals surface area contributed by atoms with Gasteiger partial charge in [0.2, 0.25) is 0 Å². The molecule has 0 radical (unpaired) electrons. The van der Waals surface area contributed by atoms with Crippen LogP contribution >= 0.6 is 0 Å². The number of aliphatic hydroxyl groups excluding tert-OH is 1. The Kier molecular flexibility index (Phi) is 6.61. The number of fused-ring (bicyclic) bond motifs is 5. The number of rotatable bonds is 5. The first-order valence-corrected chi connectivity index (χ1v) is 13.4. The summed E-state index contributed by atoms with van der Waals surface area (Å²) >= 11 is 0. The number of hydrogen-bond acceptors (Lipinski definition) is 2. The third kappa shape index (κ3) is 4.11. The van der Waals surface area contributed by atoms with E-state index in [0.29, 0.717) is 47.3 Å². The Hall–Kier alpha value is -0.550. The zero-order valence-corrected chi connectivity index (χ0v) is 21.2. The van der Waals surface area contributed by atoms with Gasteiger partial charge in [0, 0.05) is 6.42 Å². The molecule has 0 aromatic heterocycles. The van der Waals surface area contributed by atoms with Crippen LogP contribution in [-0.2, 0) is 0 Å². The van der Waals surface area contributed by atoms with Crippen LogP contribution in [0.2, 0.25) is 0 Å². The molecule has 0 spiro atoms. The molecule has 9 atom stereocenters. The van der Waals surface area contributed by atoms with Crippen LogP contribution < -0.4 is 0 Å². The summed E-state index contributed by atoms with van der Waals surface area (Å²) in [6, 6.07) is 0. The molecular formula is C28H45F3O2. The van der Waals surface area contributed by atoms with Crippen LogP contribution in [0.5, 0.6) is 0 Å². The Morgan fingerprint density at radius 3 is 2.33 bits per heavy atom. The minimum absolute atomic E-state index is 0.173. The second-order valence-electron chi connectivity index (χ2n) is 13.1. The van der Waals surface area contributed by atoms with Gasteiger partial charge in [0.1, 0.15) is 0 Å². The Labute approximate surface area is 198 Å². The maximum Gasteiger partial charge on any atom is 0.417 e. The number of alkyl halides is 3. The van der Waals surface area contributed by atoms with Gasteiger partial charge >= 0.3 is 6.18 Å². The van der Waals surface area contributed by atoms with E-state index in [2.05, 4.69) is 40.7 Å². The van der Waals surface area contributed by atoms with Crippen LogP contribution in [0.25, 0.3) is 0 Å². The molecule has 0 aromatic carbocycles. The molecule has 3 fully saturated rings. The lowest BCUT2D eigenvalue weighted by molar-refractivity contribution is -0.271. The molecule has 33 heavy (non-hydrogen) atoms. The van der Waals surface area contributed by atoms with E-state index in [9.17, 15) is 23.4 Å². The molecule has 4 aliphatic carbocycles. The van der Waals surface area contributed by atoms with Crippen molar-refractivity contribution in [3.05, 3.63) is 11.6 Å². The van der Waals surface area contributed by atoms with Crippen LogP contribution in [0, 0.1) is 46.3 Å². The molecule has 0 saturated heterocycles. The van der Waals surface area contributed by atoms with Gasteiger partial charge in [-0.15, -0.1) is 0 Å². The zero-order valence-electron chi connectivity index (χ0n) is 21.2. The number of allylic oxidation sites excluding steroid dienone is 1. The monoisotopic (exact) mass is 470 g/mol. The highest BCUT2D eigenvalue weighted by Gasteiger charge is 2.63. The van der Waals surface area contributed by atoms with Gasteiger partial charge in [0.15, 0.2) is 5.60 Å². The lowest BCUT2D eigenvalue weighted by Crippen LogP contribution is -2.55. The van der Waals surface area contributed by atoms with Gasteiger partial charge in [-0.25, -0.2) is 0 Å². The third-order valence-corrected chi connectivity index (χ3v) is 11.1. The van der Waals surface area contributed by atoms with Crippen molar-refractivity contribution in [1.29, 1.82) is 0 Å². The molecule has 4 rings (SSSR count). The third-order valence-electron chi connectivity index (χ3n) is 11.1. The van der Waals surface area contributed by atoms with Crippen molar-refractivity contribution < 1.29 is 23.4 Å². The number of aliphatic hydroxyl groups is 2. The van der Waals surface area contributed by atoms with E-state index in [0.717, 1.165) is 37.7 Å². The van der Waals surface area contributed by atoms with Crippen LogP contribution in [0.4, 0.5) is 13.2 Å². The van der Waals surface area contributed by atoms with Gasteiger partial charge in [-0.1, -0.05) is 46.3 Å². The molecule has 0 heterocycles. The van der Waals surface area contributed by atoms with Gasteiger partial charge in [-0.2, -0.15) is 13.2 Å². The van der Waals surface area contributed by atoms with Gasteiger partial charge in [-0.05, 0) is 104 Å². The zero-order chi connectivity index (χ0) is 24.4. The molecule has 0 amide bonds. The summed E-state index contributed by atoms with van der Waals surface area (Å²) in [5.41, 5.74) is -1.59. The van der Waals surface area contributed by atoms with E-state index in [4.69, 9.17) is 0 Å². The summed E-state index contributed by atoms with van der Waals surface area (Å²) in [6.07, 6.45) is 4.86. The van der Waals surface area contributed by atoms with E-state index in [1.165, 1.54) is 12.8 Å². The Morgan fingerprint density at radius 2 is 1.70 bits per heavy atom. The molecule has 2 nitrogen and oxygen atoms in total. The van der Waals surface area contributed by atoms with Crippen LogP contribution in [-0.4, -0.2) is 28.1 Å². The summed E-state index contributed by atoms with van der Waals surface area (Å²) in [6.45, 7) is 11.2. The fourth-order valence-electron chi connectivity index (χ4n) is 8.83. The molecule has 0 unspecified atom stereocenters. The molecule has 190 valence electrons. The van der Waals surface area contributed by atoms with E-state index in [-0.39, 0.29) is 24.4 Å². The Balaban J connectivity index is 1.50. The molecular weight excluding hydrogens is 425 g/mol. The summed E-state index contributed by atoms with van der Waals surface area (Å²) in [5, 5.41) is 20.7. The highest BCUT2D eigenvalue weighted by atomic mass is 19.4. The minimum atomic E-state index is -4.56. The second kappa shape index (κ2) is 8.54. The lowest BCUT2D eigenvalue weighted by Gasteiger charge is -2.59. The average molecular weight is 471 g/mol. The number of halogens is 3. The van der Waals surface area contributed by atoms with Crippen LogP contribution in [0.15, 0.2) is 11.6 Å². The predicted octanol–water partition coefficient (Wildman–Crippen LogP) is 7.29. The Morgan fingerprint density at radius 1 is 1.00 bits per heavy atom. The quantitative estimate of drug-likeness (QED) is 0.414. The van der Waals surface area contributed by atoms with Crippen molar-refractivity contribution in [2.75, 3.05) is 0 Å². The van der Waals surface area contributed by atoms with Crippen molar-refractivity contribution >= 4 is 0 Å². The molecule has 0 aromatic rings. The second-order valence-corrected chi connectivity index (χ2v) is 13.1. The summed E-state index contributed by atoms with van der Waals surface area (Å²) in [4.78, 5) is 0. The first kappa shape index (κ1) is 25.5. The minimum Gasteiger partial charge on any atom is -0.393 e. The van der Waals surface area contributed by atoms with E-state index >= 15 is 0 Å². The lowest BCUT2D eigenvalue weighted by atomic mass is 9.46. The topological polar surface area (TPSA) is 40.5 Å².